The Morgan fingerprint density at radius 3 is 2.58 bits per heavy atom. The molecule has 2 aromatic heterocycles. The van der Waals surface area contributed by atoms with Gasteiger partial charge in [0, 0.05) is 30.1 Å². The van der Waals surface area contributed by atoms with Crippen LogP contribution >= 0.6 is 0 Å². The molecule has 1 aliphatic rings. The minimum absolute atomic E-state index is 0.0198. The number of hydrogen-bond donors (Lipinski definition) is 3. The lowest BCUT2D eigenvalue weighted by molar-refractivity contribution is -0.158. The molecule has 2 amide bonds. The molecule has 1 saturated heterocycles. The number of β-amino-alcohol motifs (C(OH)–C–C–N with tert-alkyl or cyclic N) is 1. The van der Waals surface area contributed by atoms with E-state index in [1.54, 1.807) is 10.2 Å². The number of nitrogens with one attached hydrogen (secondary N) is 2. The predicted molar refractivity (Wildman–Crippen MR) is 107 cm³/mol. The van der Waals surface area contributed by atoms with Gasteiger partial charge in [0.15, 0.2) is 17.4 Å². The molecule has 1 fully saturated rings. The summed E-state index contributed by atoms with van der Waals surface area (Å²) in [5.41, 5.74) is -0.686. The number of anilines is 2. The van der Waals surface area contributed by atoms with Crippen molar-refractivity contribution in [1.82, 2.24) is 15.3 Å². The Hall–Kier alpha value is -3.48. The molecule has 0 saturated carbocycles. The van der Waals surface area contributed by atoms with E-state index in [-0.39, 0.29) is 16.6 Å². The number of benzene rings is 1. The summed E-state index contributed by atoms with van der Waals surface area (Å²) >= 11 is 0. The number of carbonyl (C=O) groups excluding carboxylic acids is 1. The minimum atomic E-state index is -5.00. The fourth-order valence-electron chi connectivity index (χ4n) is 3.60. The second-order valence-electron chi connectivity index (χ2n) is 7.59. The van der Waals surface area contributed by atoms with Gasteiger partial charge >= 0.3 is 12.2 Å². The first-order valence-electron chi connectivity index (χ1n) is 9.80. The number of nitrogens with zero attached hydrogens (tertiary/aromatic N) is 3. The predicted octanol–water partition coefficient (Wildman–Crippen LogP) is 3.81. The smallest absolute Gasteiger partial charge is 0.416 e. The molecule has 1 aliphatic heterocycles. The number of fused-ring (bicyclic) bond motifs is 1. The van der Waals surface area contributed by atoms with Gasteiger partial charge in [-0.3, -0.25) is 0 Å². The van der Waals surface area contributed by atoms with Gasteiger partial charge in [0.25, 0.3) is 0 Å². The Morgan fingerprint density at radius 1 is 1.27 bits per heavy atom. The van der Waals surface area contributed by atoms with E-state index in [4.69, 9.17) is 4.42 Å². The van der Waals surface area contributed by atoms with Gasteiger partial charge in [-0.05, 0) is 19.4 Å². The van der Waals surface area contributed by atoms with Gasteiger partial charge in [0.1, 0.15) is 11.6 Å². The van der Waals surface area contributed by atoms with Gasteiger partial charge in [-0.1, -0.05) is 0 Å². The highest BCUT2D eigenvalue weighted by Gasteiger charge is 2.45. The second kappa shape index (κ2) is 8.46. The van der Waals surface area contributed by atoms with Gasteiger partial charge in [-0.25, -0.2) is 23.5 Å². The zero-order valence-electron chi connectivity index (χ0n) is 17.1. The zero-order chi connectivity index (χ0) is 23.9. The molecule has 3 N–H and O–H groups in total. The van der Waals surface area contributed by atoms with Crippen molar-refractivity contribution >= 4 is 28.6 Å². The number of aliphatic hydroxyl groups is 1. The Morgan fingerprint density at radius 2 is 1.97 bits per heavy atom. The molecule has 1 aromatic carbocycles. The summed E-state index contributed by atoms with van der Waals surface area (Å²) in [4.78, 5) is 22.1. The number of alkyl halides is 3. The van der Waals surface area contributed by atoms with Crippen LogP contribution in [0.4, 0.5) is 38.4 Å². The maximum absolute atomic E-state index is 14.0. The highest BCUT2D eigenvalue weighted by Crippen LogP contribution is 2.39. The average molecular weight is 471 g/mol. The fourth-order valence-corrected chi connectivity index (χ4v) is 3.60. The molecule has 13 heteroatoms. The minimum Gasteiger partial charge on any atom is -0.455 e. The Labute approximate surface area is 183 Å². The van der Waals surface area contributed by atoms with Crippen LogP contribution in [0.15, 0.2) is 28.9 Å². The lowest BCUT2D eigenvalue weighted by atomic mass is 10.1. The molecule has 176 valence electrons. The van der Waals surface area contributed by atoms with Gasteiger partial charge in [-0.15, -0.1) is 0 Å². The van der Waals surface area contributed by atoms with E-state index in [9.17, 15) is 31.9 Å². The van der Waals surface area contributed by atoms with Gasteiger partial charge in [0.2, 0.25) is 5.95 Å². The van der Waals surface area contributed by atoms with Crippen molar-refractivity contribution in [2.75, 3.05) is 23.3 Å². The van der Waals surface area contributed by atoms with Crippen LogP contribution in [0.5, 0.6) is 0 Å². The Kier molecular flexibility index (Phi) is 5.82. The van der Waals surface area contributed by atoms with Crippen LogP contribution < -0.4 is 15.5 Å². The third-order valence-electron chi connectivity index (χ3n) is 5.20. The molecule has 2 atom stereocenters. The zero-order valence-corrected chi connectivity index (χ0v) is 17.1. The van der Waals surface area contributed by atoms with E-state index in [0.717, 1.165) is 6.07 Å². The number of hydrogen-bond acceptors (Lipinski definition) is 6. The number of aliphatic hydroxyl groups excluding tert-OH is 1. The first kappa shape index (κ1) is 22.7. The van der Waals surface area contributed by atoms with Gasteiger partial charge in [0.05, 0.1) is 24.2 Å². The molecule has 0 bridgehead atoms. The number of amides is 2. The summed E-state index contributed by atoms with van der Waals surface area (Å²) in [6.07, 6.45) is -2.52. The fraction of sp³-hybridized carbons (Fsp3) is 0.350. The summed E-state index contributed by atoms with van der Waals surface area (Å²) in [6, 6.07) is -2.52. The average Bonchev–Trinajstić information content (AvgIpc) is 3.30. The van der Waals surface area contributed by atoms with Crippen LogP contribution in [0.2, 0.25) is 0 Å². The van der Waals surface area contributed by atoms with Crippen molar-refractivity contribution in [3.63, 3.8) is 0 Å². The number of furan rings is 1. The summed E-state index contributed by atoms with van der Waals surface area (Å²) in [5, 5.41) is 13.3. The molecule has 0 radical (unpaired) electrons. The maximum Gasteiger partial charge on any atom is 0.416 e. The normalized spacial score (nSPS) is 17.4. The lowest BCUT2D eigenvalue weighted by Crippen LogP contribution is -2.40. The molecule has 3 heterocycles. The monoisotopic (exact) mass is 471 g/mol. The number of rotatable bonds is 4. The number of aromatic nitrogens is 2. The Bertz CT molecular complexity index is 1180. The molecule has 8 nitrogen and oxygen atoms in total. The van der Waals surface area contributed by atoms with E-state index in [1.807, 2.05) is 0 Å². The van der Waals surface area contributed by atoms with Crippen molar-refractivity contribution in [3.8, 4) is 0 Å². The maximum atomic E-state index is 14.0. The molecule has 0 aliphatic carbocycles. The van der Waals surface area contributed by atoms with E-state index < -0.39 is 47.3 Å². The number of carbonyl (C=O) groups is 1. The topological polar surface area (TPSA) is 104 Å². The molecule has 1 unspecified atom stereocenters. The summed E-state index contributed by atoms with van der Waals surface area (Å²) in [7, 11) is 0. The van der Waals surface area contributed by atoms with Crippen LogP contribution in [0.25, 0.3) is 11.0 Å². The van der Waals surface area contributed by atoms with Gasteiger partial charge in [-0.2, -0.15) is 13.2 Å². The summed E-state index contributed by atoms with van der Waals surface area (Å²) in [6.45, 7) is 2.10. The largest absolute Gasteiger partial charge is 0.455 e. The standard InChI is InChI=1S/C20H18F5N5O3/c1-9-13-4-10(21)5-14(22)16(13)33-15(9)17(20(23,24)25)29-19(32)28-11-6-26-18(27-7-11)30-3-2-12(31)8-30/h4-7,12,17,31H,2-3,8H2,1H3,(H2,28,29,32)/t12-,17?/m0/s1. The van der Waals surface area contributed by atoms with Crippen molar-refractivity contribution in [3.05, 3.63) is 47.5 Å². The molecule has 3 aromatic rings. The molecule has 4 rings (SSSR count). The van der Waals surface area contributed by atoms with Crippen molar-refractivity contribution in [1.29, 1.82) is 0 Å². The van der Waals surface area contributed by atoms with Crippen molar-refractivity contribution < 1.29 is 36.3 Å². The van der Waals surface area contributed by atoms with E-state index in [2.05, 4.69) is 15.3 Å². The second-order valence-corrected chi connectivity index (χ2v) is 7.59. The van der Waals surface area contributed by atoms with Gasteiger partial charge < -0.3 is 25.1 Å². The quantitative estimate of drug-likeness (QED) is 0.500. The number of halogens is 5. The molecule has 0 spiro atoms. The lowest BCUT2D eigenvalue weighted by Gasteiger charge is -2.21. The first-order valence-corrected chi connectivity index (χ1v) is 9.80. The molecular weight excluding hydrogens is 453 g/mol. The van der Waals surface area contributed by atoms with Crippen LogP contribution in [0.1, 0.15) is 23.8 Å². The highest BCUT2D eigenvalue weighted by molar-refractivity contribution is 5.89. The van der Waals surface area contributed by atoms with Crippen LogP contribution in [0, 0.1) is 18.6 Å². The number of aryl methyl sites for hydroxylation is 1. The third kappa shape index (κ3) is 4.67. The SMILES string of the molecule is Cc1c(C(NC(=O)Nc2cnc(N3CC[C@H](O)C3)nc2)C(F)(F)F)oc2c(F)cc(F)cc12. The molecule has 33 heavy (non-hydrogen) atoms. The van der Waals surface area contributed by atoms with E-state index in [0.29, 0.717) is 31.5 Å². The van der Waals surface area contributed by atoms with Crippen molar-refractivity contribution in [2.45, 2.75) is 31.7 Å². The van der Waals surface area contributed by atoms with Crippen LogP contribution in [0.3, 0.4) is 0 Å². The summed E-state index contributed by atoms with van der Waals surface area (Å²) < 4.78 is 73.7. The Balaban J connectivity index is 1.53. The van der Waals surface area contributed by atoms with Crippen molar-refractivity contribution in [2.24, 2.45) is 0 Å². The number of urea groups is 1. The van der Waals surface area contributed by atoms with Crippen LogP contribution in [-0.2, 0) is 0 Å². The summed E-state index contributed by atoms with van der Waals surface area (Å²) in [5.74, 6) is -2.60. The molecular formula is C20H18F5N5O3. The van der Waals surface area contributed by atoms with Crippen LogP contribution in [-0.4, -0.2) is 46.5 Å². The third-order valence-corrected chi connectivity index (χ3v) is 5.20. The highest BCUT2D eigenvalue weighted by atomic mass is 19.4. The van der Waals surface area contributed by atoms with E-state index in [1.165, 1.54) is 19.3 Å². The first-order chi connectivity index (χ1) is 15.5. The van der Waals surface area contributed by atoms with E-state index >= 15 is 0 Å².